The fourth-order valence-electron chi connectivity index (χ4n) is 3.38. The van der Waals surface area contributed by atoms with Crippen LogP contribution in [0.15, 0.2) is 42.7 Å². The van der Waals surface area contributed by atoms with Crippen LogP contribution in [0.2, 0.25) is 0 Å². The maximum atomic E-state index is 12.8. The number of primary amides is 1. The van der Waals surface area contributed by atoms with Gasteiger partial charge in [0.1, 0.15) is 5.75 Å². The van der Waals surface area contributed by atoms with Gasteiger partial charge in [0.15, 0.2) is 0 Å². The molecule has 0 bridgehead atoms. The number of nitrogens with zero attached hydrogens (tertiary/aromatic N) is 1. The Balaban J connectivity index is 1.81. The maximum absolute atomic E-state index is 12.8. The molecule has 2 amide bonds. The number of ether oxygens (including phenoxy) is 2. The second-order valence-electron chi connectivity index (χ2n) is 6.43. The highest BCUT2D eigenvalue weighted by molar-refractivity contribution is 5.97. The zero-order valence-electron chi connectivity index (χ0n) is 14.7. The van der Waals surface area contributed by atoms with Crippen LogP contribution in [0, 0.1) is 0 Å². The molecule has 0 radical (unpaired) electrons. The molecule has 138 valence electrons. The summed E-state index contributed by atoms with van der Waals surface area (Å²) in [4.78, 5) is 24.2. The Morgan fingerprint density at radius 2 is 1.96 bits per heavy atom. The van der Waals surface area contributed by atoms with Crippen LogP contribution in [0.3, 0.4) is 0 Å². The molecular weight excluding hydrogens is 334 g/mol. The SMILES string of the molecule is COc1ccc(C(N)=O)cc1NC(=O)CC1(n2cccc2)CCOCC1. The van der Waals surface area contributed by atoms with Gasteiger partial charge in [0.25, 0.3) is 0 Å². The lowest BCUT2D eigenvalue weighted by molar-refractivity contribution is -0.119. The van der Waals surface area contributed by atoms with Gasteiger partial charge in [0.2, 0.25) is 11.8 Å². The van der Waals surface area contributed by atoms with E-state index in [1.165, 1.54) is 13.2 Å². The first-order valence-corrected chi connectivity index (χ1v) is 8.53. The van der Waals surface area contributed by atoms with Crippen molar-refractivity contribution in [2.45, 2.75) is 24.8 Å². The van der Waals surface area contributed by atoms with Gasteiger partial charge in [0, 0.05) is 31.2 Å². The predicted molar refractivity (Wildman–Crippen MR) is 97.2 cm³/mol. The van der Waals surface area contributed by atoms with Crippen molar-refractivity contribution in [3.05, 3.63) is 48.3 Å². The highest BCUT2D eigenvalue weighted by Gasteiger charge is 2.36. The largest absolute Gasteiger partial charge is 0.495 e. The number of hydrogen-bond donors (Lipinski definition) is 2. The molecular formula is C19H23N3O4. The van der Waals surface area contributed by atoms with Gasteiger partial charge in [-0.05, 0) is 43.2 Å². The number of methoxy groups -OCH3 is 1. The molecule has 7 heteroatoms. The molecule has 3 rings (SSSR count). The number of hydrogen-bond acceptors (Lipinski definition) is 4. The van der Waals surface area contributed by atoms with Crippen LogP contribution in [-0.4, -0.2) is 36.7 Å². The first-order chi connectivity index (χ1) is 12.5. The van der Waals surface area contributed by atoms with E-state index in [4.69, 9.17) is 15.2 Å². The molecule has 1 fully saturated rings. The molecule has 1 aliphatic heterocycles. The summed E-state index contributed by atoms with van der Waals surface area (Å²) in [6.07, 6.45) is 5.77. The topological polar surface area (TPSA) is 95.6 Å². The van der Waals surface area contributed by atoms with Crippen molar-refractivity contribution < 1.29 is 19.1 Å². The minimum atomic E-state index is -0.559. The Labute approximate surface area is 152 Å². The van der Waals surface area contributed by atoms with E-state index >= 15 is 0 Å². The average Bonchev–Trinajstić information content (AvgIpc) is 3.17. The Hall–Kier alpha value is -2.80. The fraction of sp³-hybridized carbons (Fsp3) is 0.368. The molecule has 1 aliphatic rings. The molecule has 0 spiro atoms. The molecule has 0 aliphatic carbocycles. The first kappa shape index (κ1) is 18.0. The van der Waals surface area contributed by atoms with Crippen molar-refractivity contribution in [1.82, 2.24) is 4.57 Å². The first-order valence-electron chi connectivity index (χ1n) is 8.53. The Bertz CT molecular complexity index is 780. The lowest BCUT2D eigenvalue weighted by Crippen LogP contribution is -2.42. The van der Waals surface area contributed by atoms with Gasteiger partial charge < -0.3 is 25.1 Å². The molecule has 3 N–H and O–H groups in total. The molecule has 7 nitrogen and oxygen atoms in total. The summed E-state index contributed by atoms with van der Waals surface area (Å²) in [5.41, 5.74) is 5.76. The quantitative estimate of drug-likeness (QED) is 0.828. The standard InChI is InChI=1S/C19H23N3O4/c1-25-16-5-4-14(18(20)24)12-15(16)21-17(23)13-19(6-10-26-11-7-19)22-8-2-3-9-22/h2-5,8-9,12H,6-7,10-11,13H2,1H3,(H2,20,24)(H,21,23). The van der Waals surface area contributed by atoms with E-state index in [0.717, 1.165) is 12.8 Å². The Morgan fingerprint density at radius 3 is 2.58 bits per heavy atom. The average molecular weight is 357 g/mol. The number of amides is 2. The summed E-state index contributed by atoms with van der Waals surface area (Å²) in [5.74, 6) is -0.234. The van der Waals surface area contributed by atoms with E-state index in [2.05, 4.69) is 9.88 Å². The number of carbonyl (C=O) groups is 2. The predicted octanol–water partition coefficient (Wildman–Crippen LogP) is 2.13. The van der Waals surface area contributed by atoms with Crippen molar-refractivity contribution in [2.75, 3.05) is 25.6 Å². The minimum Gasteiger partial charge on any atom is -0.495 e. The summed E-state index contributed by atoms with van der Waals surface area (Å²) >= 11 is 0. The summed E-state index contributed by atoms with van der Waals surface area (Å²) in [5, 5.41) is 2.86. The van der Waals surface area contributed by atoms with Crippen LogP contribution in [0.25, 0.3) is 0 Å². The van der Waals surface area contributed by atoms with E-state index in [1.807, 2.05) is 24.5 Å². The van der Waals surface area contributed by atoms with Gasteiger partial charge in [-0.25, -0.2) is 0 Å². The van der Waals surface area contributed by atoms with E-state index < -0.39 is 5.91 Å². The van der Waals surface area contributed by atoms with Crippen molar-refractivity contribution in [3.8, 4) is 5.75 Å². The molecule has 26 heavy (non-hydrogen) atoms. The second kappa shape index (κ2) is 7.61. The van der Waals surface area contributed by atoms with Crippen LogP contribution >= 0.6 is 0 Å². The maximum Gasteiger partial charge on any atom is 0.248 e. The van der Waals surface area contributed by atoms with Crippen LogP contribution < -0.4 is 15.8 Å². The van der Waals surface area contributed by atoms with Crippen LogP contribution in [-0.2, 0) is 15.1 Å². The molecule has 0 atom stereocenters. The number of nitrogens with two attached hydrogens (primary N) is 1. The summed E-state index contributed by atoms with van der Waals surface area (Å²) in [6, 6.07) is 8.62. The smallest absolute Gasteiger partial charge is 0.248 e. The van der Waals surface area contributed by atoms with Crippen molar-refractivity contribution in [3.63, 3.8) is 0 Å². The van der Waals surface area contributed by atoms with Gasteiger partial charge in [-0.3, -0.25) is 9.59 Å². The molecule has 1 saturated heterocycles. The number of anilines is 1. The fourth-order valence-corrected chi connectivity index (χ4v) is 3.38. The van der Waals surface area contributed by atoms with E-state index in [0.29, 0.717) is 36.6 Å². The second-order valence-corrected chi connectivity index (χ2v) is 6.43. The number of carbonyl (C=O) groups excluding carboxylic acids is 2. The number of nitrogens with one attached hydrogen (secondary N) is 1. The summed E-state index contributed by atoms with van der Waals surface area (Å²) in [6.45, 7) is 1.23. The van der Waals surface area contributed by atoms with Gasteiger partial charge in [-0.15, -0.1) is 0 Å². The molecule has 0 saturated carbocycles. The highest BCUT2D eigenvalue weighted by Crippen LogP contribution is 2.34. The van der Waals surface area contributed by atoms with Gasteiger partial charge >= 0.3 is 0 Å². The normalized spacial score (nSPS) is 16.0. The third-order valence-corrected chi connectivity index (χ3v) is 4.82. The molecule has 1 aromatic heterocycles. The lowest BCUT2D eigenvalue weighted by Gasteiger charge is -2.38. The zero-order chi connectivity index (χ0) is 18.6. The third kappa shape index (κ3) is 3.72. The van der Waals surface area contributed by atoms with Gasteiger partial charge in [-0.1, -0.05) is 0 Å². The Kier molecular flexibility index (Phi) is 5.27. The summed E-state index contributed by atoms with van der Waals surface area (Å²) in [7, 11) is 1.51. The zero-order valence-corrected chi connectivity index (χ0v) is 14.7. The minimum absolute atomic E-state index is 0.152. The summed E-state index contributed by atoms with van der Waals surface area (Å²) < 4.78 is 12.9. The van der Waals surface area contributed by atoms with Crippen LogP contribution in [0.5, 0.6) is 5.75 Å². The third-order valence-electron chi connectivity index (χ3n) is 4.82. The molecule has 2 aromatic rings. The van der Waals surface area contributed by atoms with Gasteiger partial charge in [-0.2, -0.15) is 0 Å². The monoisotopic (exact) mass is 357 g/mol. The van der Waals surface area contributed by atoms with Crippen LogP contribution in [0.4, 0.5) is 5.69 Å². The number of benzene rings is 1. The molecule has 0 unspecified atom stereocenters. The van der Waals surface area contributed by atoms with E-state index in [1.54, 1.807) is 12.1 Å². The van der Waals surface area contributed by atoms with Crippen molar-refractivity contribution in [2.24, 2.45) is 5.73 Å². The Morgan fingerprint density at radius 1 is 1.27 bits per heavy atom. The van der Waals surface area contributed by atoms with Crippen molar-refractivity contribution in [1.29, 1.82) is 0 Å². The van der Waals surface area contributed by atoms with Crippen molar-refractivity contribution >= 4 is 17.5 Å². The molecule has 2 heterocycles. The van der Waals surface area contributed by atoms with E-state index in [9.17, 15) is 9.59 Å². The van der Waals surface area contributed by atoms with E-state index in [-0.39, 0.29) is 11.4 Å². The highest BCUT2D eigenvalue weighted by atomic mass is 16.5. The van der Waals surface area contributed by atoms with Gasteiger partial charge in [0.05, 0.1) is 24.8 Å². The molecule has 1 aromatic carbocycles. The lowest BCUT2D eigenvalue weighted by atomic mass is 9.86. The van der Waals surface area contributed by atoms with Crippen LogP contribution in [0.1, 0.15) is 29.6 Å². The number of aromatic nitrogens is 1. The number of rotatable bonds is 6.